The Balaban J connectivity index is 2.32. The Hall–Kier alpha value is -0.650. The van der Waals surface area contributed by atoms with E-state index in [1.54, 1.807) is 0 Å². The lowest BCUT2D eigenvalue weighted by atomic mass is 10.3. The first-order chi connectivity index (χ1) is 7.13. The summed E-state index contributed by atoms with van der Waals surface area (Å²) in [6, 6.07) is 0. The second-order valence-electron chi connectivity index (χ2n) is 4.05. The molecule has 0 spiro atoms. The van der Waals surface area contributed by atoms with Crippen molar-refractivity contribution in [2.24, 2.45) is 5.73 Å². The summed E-state index contributed by atoms with van der Waals surface area (Å²) in [4.78, 5) is 15.6. The first-order valence-electron chi connectivity index (χ1n) is 5.41. The van der Waals surface area contributed by atoms with Gasteiger partial charge in [-0.2, -0.15) is 0 Å². The van der Waals surface area contributed by atoms with Gasteiger partial charge in [-0.25, -0.2) is 0 Å². The van der Waals surface area contributed by atoms with Crippen LogP contribution < -0.4 is 5.73 Å². The van der Waals surface area contributed by atoms with Crippen molar-refractivity contribution >= 4 is 5.91 Å². The molecule has 5 heteroatoms. The molecule has 1 heterocycles. The van der Waals surface area contributed by atoms with E-state index in [2.05, 4.69) is 0 Å². The van der Waals surface area contributed by atoms with Crippen LogP contribution in [-0.4, -0.2) is 68.2 Å². The summed E-state index contributed by atoms with van der Waals surface area (Å²) in [7, 11) is 1.91. The van der Waals surface area contributed by atoms with Gasteiger partial charge in [0.15, 0.2) is 0 Å². The molecule has 1 aliphatic heterocycles. The highest BCUT2D eigenvalue weighted by Gasteiger charge is 2.21. The van der Waals surface area contributed by atoms with Crippen LogP contribution in [0.4, 0.5) is 0 Å². The molecule has 1 rings (SSSR count). The van der Waals surface area contributed by atoms with Crippen molar-refractivity contribution in [2.75, 3.05) is 46.4 Å². The first-order valence-corrected chi connectivity index (χ1v) is 5.41. The number of hydrogen-bond donors (Lipinski definition) is 1. The Bertz CT molecular complexity index is 211. The van der Waals surface area contributed by atoms with Crippen LogP contribution in [0.25, 0.3) is 0 Å². The highest BCUT2D eigenvalue weighted by atomic mass is 16.5. The largest absolute Gasteiger partial charge is 0.375 e. The third-order valence-electron chi connectivity index (χ3n) is 2.51. The molecule has 0 radical (unpaired) electrons. The van der Waals surface area contributed by atoms with Gasteiger partial charge in [0.25, 0.3) is 0 Å². The normalized spacial score (nSPS) is 22.1. The van der Waals surface area contributed by atoms with Crippen molar-refractivity contribution in [3.8, 4) is 0 Å². The second-order valence-corrected chi connectivity index (χ2v) is 4.05. The Morgan fingerprint density at radius 2 is 2.40 bits per heavy atom. The van der Waals surface area contributed by atoms with Crippen LogP contribution in [0.2, 0.25) is 0 Å². The van der Waals surface area contributed by atoms with Crippen LogP contribution in [0.3, 0.4) is 0 Å². The highest BCUT2D eigenvalue weighted by molar-refractivity contribution is 5.78. The minimum Gasteiger partial charge on any atom is -0.375 e. The fourth-order valence-electron chi connectivity index (χ4n) is 1.68. The molecule has 1 atom stereocenters. The quantitative estimate of drug-likeness (QED) is 0.662. The van der Waals surface area contributed by atoms with E-state index in [4.69, 9.17) is 10.5 Å². The van der Waals surface area contributed by atoms with Gasteiger partial charge in [-0.05, 0) is 14.0 Å². The topological polar surface area (TPSA) is 58.8 Å². The molecule has 2 N–H and O–H groups in total. The van der Waals surface area contributed by atoms with Gasteiger partial charge in [-0.1, -0.05) is 0 Å². The number of ether oxygens (including phenoxy) is 1. The van der Waals surface area contributed by atoms with Gasteiger partial charge in [0, 0.05) is 26.2 Å². The van der Waals surface area contributed by atoms with Gasteiger partial charge >= 0.3 is 0 Å². The van der Waals surface area contributed by atoms with Crippen LogP contribution in [0.5, 0.6) is 0 Å². The molecule has 1 unspecified atom stereocenters. The smallest absolute Gasteiger partial charge is 0.236 e. The minimum absolute atomic E-state index is 0.155. The van der Waals surface area contributed by atoms with Gasteiger partial charge < -0.3 is 15.4 Å². The zero-order valence-electron chi connectivity index (χ0n) is 9.61. The van der Waals surface area contributed by atoms with E-state index in [9.17, 15) is 4.79 Å². The molecule has 1 amide bonds. The number of nitrogens with zero attached hydrogens (tertiary/aromatic N) is 2. The molecular weight excluding hydrogens is 194 g/mol. The van der Waals surface area contributed by atoms with E-state index >= 15 is 0 Å². The fraction of sp³-hybridized carbons (Fsp3) is 0.900. The molecule has 0 aromatic heterocycles. The Morgan fingerprint density at radius 3 is 3.00 bits per heavy atom. The predicted molar refractivity (Wildman–Crippen MR) is 58.5 cm³/mol. The summed E-state index contributed by atoms with van der Waals surface area (Å²) < 4.78 is 5.38. The molecule has 1 fully saturated rings. The van der Waals surface area contributed by atoms with Crippen molar-refractivity contribution in [3.63, 3.8) is 0 Å². The number of carbonyl (C=O) groups is 1. The van der Waals surface area contributed by atoms with Crippen molar-refractivity contribution in [3.05, 3.63) is 0 Å². The number of carbonyl (C=O) groups excluding carboxylic acids is 1. The first kappa shape index (κ1) is 12.4. The fourth-order valence-corrected chi connectivity index (χ4v) is 1.68. The Kier molecular flexibility index (Phi) is 5.01. The standard InChI is InChI=1S/C10H21N3O2/c1-9-7-13(5-6-15-9)10(14)8-12(2)4-3-11/h9H,3-8,11H2,1-2H3. The van der Waals surface area contributed by atoms with Gasteiger partial charge in [-0.3, -0.25) is 9.69 Å². The van der Waals surface area contributed by atoms with Gasteiger partial charge in [0.1, 0.15) is 0 Å². The maximum absolute atomic E-state index is 11.8. The number of nitrogens with two attached hydrogens (primary N) is 1. The van der Waals surface area contributed by atoms with Crippen LogP contribution in [0, 0.1) is 0 Å². The van der Waals surface area contributed by atoms with Crippen LogP contribution in [0.15, 0.2) is 0 Å². The number of morpholine rings is 1. The summed E-state index contributed by atoms with van der Waals surface area (Å²) in [5, 5.41) is 0. The average molecular weight is 215 g/mol. The van der Waals surface area contributed by atoms with E-state index in [-0.39, 0.29) is 12.0 Å². The lowest BCUT2D eigenvalue weighted by Gasteiger charge is -2.32. The molecule has 0 aliphatic carbocycles. The summed E-state index contributed by atoms with van der Waals surface area (Å²) >= 11 is 0. The van der Waals surface area contributed by atoms with Crippen LogP contribution >= 0.6 is 0 Å². The van der Waals surface area contributed by atoms with Crippen molar-refractivity contribution in [2.45, 2.75) is 13.0 Å². The third kappa shape index (κ3) is 4.15. The molecule has 1 saturated heterocycles. The maximum Gasteiger partial charge on any atom is 0.236 e. The van der Waals surface area contributed by atoms with Gasteiger partial charge in [-0.15, -0.1) is 0 Å². The number of amides is 1. The Labute approximate surface area is 91.2 Å². The van der Waals surface area contributed by atoms with E-state index in [0.717, 1.165) is 6.54 Å². The molecule has 0 saturated carbocycles. The molecule has 0 aromatic carbocycles. The van der Waals surface area contributed by atoms with Crippen LogP contribution in [-0.2, 0) is 9.53 Å². The van der Waals surface area contributed by atoms with E-state index in [0.29, 0.717) is 32.8 Å². The van der Waals surface area contributed by atoms with Gasteiger partial charge in [0.05, 0.1) is 19.3 Å². The summed E-state index contributed by atoms with van der Waals surface area (Å²) in [6.45, 7) is 5.84. The molecule has 0 bridgehead atoms. The predicted octanol–water partition coefficient (Wildman–Crippen LogP) is -0.876. The van der Waals surface area contributed by atoms with E-state index in [1.165, 1.54) is 0 Å². The minimum atomic E-state index is 0.155. The van der Waals surface area contributed by atoms with E-state index < -0.39 is 0 Å². The maximum atomic E-state index is 11.8. The Morgan fingerprint density at radius 1 is 1.67 bits per heavy atom. The lowest BCUT2D eigenvalue weighted by Crippen LogP contribution is -2.48. The molecular formula is C10H21N3O2. The number of rotatable bonds is 4. The van der Waals surface area contributed by atoms with Crippen molar-refractivity contribution < 1.29 is 9.53 Å². The number of hydrogen-bond acceptors (Lipinski definition) is 4. The summed E-state index contributed by atoms with van der Waals surface area (Å²) in [5.74, 6) is 0.168. The van der Waals surface area contributed by atoms with Crippen LogP contribution in [0.1, 0.15) is 6.92 Å². The monoisotopic (exact) mass is 215 g/mol. The zero-order valence-corrected chi connectivity index (χ0v) is 9.61. The van der Waals surface area contributed by atoms with Crippen molar-refractivity contribution in [1.82, 2.24) is 9.80 Å². The van der Waals surface area contributed by atoms with Crippen molar-refractivity contribution in [1.29, 1.82) is 0 Å². The third-order valence-corrected chi connectivity index (χ3v) is 2.51. The highest BCUT2D eigenvalue weighted by Crippen LogP contribution is 2.04. The van der Waals surface area contributed by atoms with Gasteiger partial charge in [0.2, 0.25) is 5.91 Å². The van der Waals surface area contributed by atoms with E-state index in [1.807, 2.05) is 23.8 Å². The zero-order chi connectivity index (χ0) is 11.3. The average Bonchev–Trinajstić information content (AvgIpc) is 2.18. The molecule has 1 aliphatic rings. The summed E-state index contributed by atoms with van der Waals surface area (Å²) in [6.07, 6.45) is 0.155. The number of likely N-dealkylation sites (N-methyl/N-ethyl adjacent to an activating group) is 1. The lowest BCUT2D eigenvalue weighted by molar-refractivity contribution is -0.139. The molecule has 88 valence electrons. The molecule has 0 aromatic rings. The SMILES string of the molecule is CC1CN(C(=O)CN(C)CCN)CCO1. The molecule has 5 nitrogen and oxygen atoms in total. The molecule has 15 heavy (non-hydrogen) atoms. The second kappa shape index (κ2) is 6.05. The summed E-state index contributed by atoms with van der Waals surface area (Å²) in [5.41, 5.74) is 5.42.